The lowest BCUT2D eigenvalue weighted by Crippen LogP contribution is -2.19. The molecule has 1 aromatic carbocycles. The monoisotopic (exact) mass is 259 g/mol. The summed E-state index contributed by atoms with van der Waals surface area (Å²) in [6.07, 6.45) is -4.30. The molecule has 0 aliphatic heterocycles. The third-order valence-corrected chi connectivity index (χ3v) is 2.40. The third-order valence-electron chi connectivity index (χ3n) is 2.40. The van der Waals surface area contributed by atoms with Crippen molar-refractivity contribution in [3.05, 3.63) is 24.3 Å². The minimum absolute atomic E-state index is 0.0649. The molecule has 0 aliphatic carbocycles. The van der Waals surface area contributed by atoms with Gasteiger partial charge in [-0.05, 0) is 12.1 Å². The normalized spacial score (nSPS) is 12.2. The van der Waals surface area contributed by atoms with E-state index in [0.29, 0.717) is 5.82 Å². The fourth-order valence-electron chi connectivity index (χ4n) is 1.66. The second kappa shape index (κ2) is 4.85. The van der Waals surface area contributed by atoms with Gasteiger partial charge in [0, 0.05) is 5.39 Å². The lowest BCUT2D eigenvalue weighted by Gasteiger charge is -2.07. The van der Waals surface area contributed by atoms with Crippen molar-refractivity contribution in [2.75, 3.05) is 18.9 Å². The molecule has 0 saturated carbocycles. The Morgan fingerprint density at radius 1 is 1.28 bits per heavy atom. The molecule has 0 unspecified atom stereocenters. The Hall–Kier alpha value is -1.76. The Morgan fingerprint density at radius 3 is 2.72 bits per heavy atom. The van der Waals surface area contributed by atoms with Crippen molar-refractivity contribution in [1.82, 2.24) is 9.78 Å². The van der Waals surface area contributed by atoms with Gasteiger partial charge in [0.15, 0.2) is 5.82 Å². The number of rotatable bonds is 4. The summed E-state index contributed by atoms with van der Waals surface area (Å²) in [4.78, 5) is 0. The first-order chi connectivity index (χ1) is 8.47. The predicted molar refractivity (Wildman–Crippen MR) is 61.0 cm³/mol. The number of nitrogens with two attached hydrogens (primary N) is 1. The van der Waals surface area contributed by atoms with E-state index in [1.54, 1.807) is 4.68 Å². The number of hydrogen-bond acceptors (Lipinski definition) is 3. The van der Waals surface area contributed by atoms with E-state index in [2.05, 4.69) is 9.84 Å². The summed E-state index contributed by atoms with van der Waals surface area (Å²) in [6.45, 7) is -1.08. The topological polar surface area (TPSA) is 53.1 Å². The van der Waals surface area contributed by atoms with Gasteiger partial charge in [0.25, 0.3) is 0 Å². The molecule has 1 aromatic heterocycles. The van der Waals surface area contributed by atoms with Crippen molar-refractivity contribution in [1.29, 1.82) is 0 Å². The van der Waals surface area contributed by atoms with Gasteiger partial charge < -0.3 is 10.5 Å². The fourth-order valence-corrected chi connectivity index (χ4v) is 1.66. The quantitative estimate of drug-likeness (QED) is 0.856. The number of fused-ring (bicyclic) bond motifs is 1. The number of benzene rings is 1. The van der Waals surface area contributed by atoms with Crippen LogP contribution in [-0.4, -0.2) is 29.2 Å². The van der Waals surface area contributed by atoms with Gasteiger partial charge in [-0.1, -0.05) is 12.1 Å². The molecule has 0 radical (unpaired) electrons. The smallest absolute Gasteiger partial charge is 0.382 e. The lowest BCUT2D eigenvalue weighted by atomic mass is 10.2. The maximum atomic E-state index is 11.9. The zero-order chi connectivity index (χ0) is 13.2. The van der Waals surface area contributed by atoms with Crippen LogP contribution in [0.1, 0.15) is 0 Å². The molecular weight excluding hydrogens is 247 g/mol. The lowest BCUT2D eigenvalue weighted by molar-refractivity contribution is -0.174. The molecule has 18 heavy (non-hydrogen) atoms. The molecule has 0 amide bonds. The molecule has 98 valence electrons. The van der Waals surface area contributed by atoms with Crippen LogP contribution in [0, 0.1) is 0 Å². The number of anilines is 1. The summed E-state index contributed by atoms with van der Waals surface area (Å²) in [5.74, 6) is 0.362. The maximum Gasteiger partial charge on any atom is 0.411 e. The number of nitrogen functional groups attached to an aromatic ring is 1. The Labute approximate surface area is 101 Å². The number of para-hydroxylation sites is 1. The third kappa shape index (κ3) is 2.92. The van der Waals surface area contributed by atoms with Crippen LogP contribution < -0.4 is 5.73 Å². The van der Waals surface area contributed by atoms with E-state index in [1.807, 2.05) is 24.3 Å². The SMILES string of the molecule is Nc1nn(CCOCC(F)(F)F)c2ccccc12. The number of halogens is 3. The molecule has 2 aromatic rings. The standard InChI is InChI=1S/C11H12F3N3O/c12-11(13,14)7-18-6-5-17-9-4-2-1-3-8(9)10(15)16-17/h1-4H,5-7H2,(H2,15,16). The molecule has 0 fully saturated rings. The molecule has 0 spiro atoms. The minimum Gasteiger partial charge on any atom is -0.382 e. The van der Waals surface area contributed by atoms with Gasteiger partial charge in [0.2, 0.25) is 0 Å². The van der Waals surface area contributed by atoms with E-state index in [1.165, 1.54) is 0 Å². The van der Waals surface area contributed by atoms with E-state index in [4.69, 9.17) is 5.73 Å². The first kappa shape index (κ1) is 12.7. The highest BCUT2D eigenvalue weighted by Gasteiger charge is 2.27. The number of ether oxygens (including phenoxy) is 1. The highest BCUT2D eigenvalue weighted by Crippen LogP contribution is 2.20. The number of hydrogen-bond donors (Lipinski definition) is 1. The van der Waals surface area contributed by atoms with Crippen molar-refractivity contribution in [2.45, 2.75) is 12.7 Å². The maximum absolute atomic E-state index is 11.9. The van der Waals surface area contributed by atoms with Gasteiger partial charge in [-0.2, -0.15) is 18.3 Å². The summed E-state index contributed by atoms with van der Waals surface area (Å²) < 4.78 is 41.7. The molecular formula is C11H12F3N3O. The second-order valence-corrected chi connectivity index (χ2v) is 3.79. The van der Waals surface area contributed by atoms with Crippen molar-refractivity contribution in [2.24, 2.45) is 0 Å². The zero-order valence-corrected chi connectivity index (χ0v) is 9.44. The highest BCUT2D eigenvalue weighted by atomic mass is 19.4. The molecule has 1 heterocycles. The van der Waals surface area contributed by atoms with E-state index >= 15 is 0 Å². The Morgan fingerprint density at radius 2 is 2.00 bits per heavy atom. The highest BCUT2D eigenvalue weighted by molar-refractivity contribution is 5.88. The number of nitrogens with zero attached hydrogens (tertiary/aromatic N) is 2. The van der Waals surface area contributed by atoms with E-state index in [-0.39, 0.29) is 13.2 Å². The Balaban J connectivity index is 2.00. The van der Waals surface area contributed by atoms with Crippen molar-refractivity contribution >= 4 is 16.7 Å². The summed E-state index contributed by atoms with van der Waals surface area (Å²) in [5.41, 5.74) is 6.48. The molecule has 2 rings (SSSR count). The van der Waals surface area contributed by atoms with Crippen molar-refractivity contribution in [3.63, 3.8) is 0 Å². The van der Waals surface area contributed by atoms with Gasteiger partial charge in [0.1, 0.15) is 6.61 Å². The van der Waals surface area contributed by atoms with Gasteiger partial charge in [0.05, 0.1) is 18.7 Å². The number of alkyl halides is 3. The number of aromatic nitrogens is 2. The van der Waals surface area contributed by atoms with Crippen LogP contribution in [0.5, 0.6) is 0 Å². The summed E-state index contributed by atoms with van der Waals surface area (Å²) in [5, 5.41) is 4.84. The van der Waals surface area contributed by atoms with Gasteiger partial charge >= 0.3 is 6.18 Å². The minimum atomic E-state index is -4.30. The largest absolute Gasteiger partial charge is 0.411 e. The van der Waals surface area contributed by atoms with Gasteiger partial charge in [-0.3, -0.25) is 4.68 Å². The molecule has 2 N–H and O–H groups in total. The predicted octanol–water partition coefficient (Wildman–Crippen LogP) is 2.20. The molecule has 0 bridgehead atoms. The first-order valence-corrected chi connectivity index (χ1v) is 5.33. The molecule has 0 saturated heterocycles. The Kier molecular flexibility index (Phi) is 3.42. The van der Waals surface area contributed by atoms with Crippen LogP contribution >= 0.6 is 0 Å². The van der Waals surface area contributed by atoms with Crippen LogP contribution in [0.15, 0.2) is 24.3 Å². The van der Waals surface area contributed by atoms with Crippen LogP contribution in [0.3, 0.4) is 0 Å². The Bertz CT molecular complexity index is 536. The fraction of sp³-hybridized carbons (Fsp3) is 0.364. The molecule has 7 heteroatoms. The average Bonchev–Trinajstić information content (AvgIpc) is 2.62. The zero-order valence-electron chi connectivity index (χ0n) is 9.44. The molecule has 0 atom stereocenters. The van der Waals surface area contributed by atoms with Crippen molar-refractivity contribution in [3.8, 4) is 0 Å². The van der Waals surface area contributed by atoms with Gasteiger partial charge in [-0.25, -0.2) is 0 Å². The summed E-state index contributed by atoms with van der Waals surface area (Å²) >= 11 is 0. The van der Waals surface area contributed by atoms with E-state index in [9.17, 15) is 13.2 Å². The van der Waals surface area contributed by atoms with Crippen LogP contribution in [-0.2, 0) is 11.3 Å². The molecule has 0 aliphatic rings. The van der Waals surface area contributed by atoms with Crippen molar-refractivity contribution < 1.29 is 17.9 Å². The van der Waals surface area contributed by atoms with Crippen LogP contribution in [0.4, 0.5) is 19.0 Å². The van der Waals surface area contributed by atoms with Crippen LogP contribution in [0.2, 0.25) is 0 Å². The molecule has 4 nitrogen and oxygen atoms in total. The summed E-state index contributed by atoms with van der Waals surface area (Å²) in [7, 11) is 0. The van der Waals surface area contributed by atoms with Crippen LogP contribution in [0.25, 0.3) is 10.9 Å². The summed E-state index contributed by atoms with van der Waals surface area (Å²) in [6, 6.07) is 7.26. The average molecular weight is 259 g/mol. The second-order valence-electron chi connectivity index (χ2n) is 3.79. The van der Waals surface area contributed by atoms with E-state index in [0.717, 1.165) is 10.9 Å². The first-order valence-electron chi connectivity index (χ1n) is 5.33. The van der Waals surface area contributed by atoms with Gasteiger partial charge in [-0.15, -0.1) is 0 Å². The van der Waals surface area contributed by atoms with E-state index < -0.39 is 12.8 Å².